The number of carbonyl (C=O) groups is 1. The van der Waals surface area contributed by atoms with Crippen molar-refractivity contribution in [2.45, 2.75) is 32.4 Å². The van der Waals surface area contributed by atoms with Crippen LogP contribution in [0.15, 0.2) is 40.5 Å². The maximum Gasteiger partial charge on any atom is 0.272 e. The van der Waals surface area contributed by atoms with Crippen LogP contribution in [0.5, 0.6) is 0 Å². The van der Waals surface area contributed by atoms with Gasteiger partial charge in [0.05, 0.1) is 5.52 Å². The van der Waals surface area contributed by atoms with E-state index in [4.69, 9.17) is 23.8 Å². The lowest BCUT2D eigenvalue weighted by Crippen LogP contribution is -2.23. The number of hydrogen-bond acceptors (Lipinski definition) is 4. The molecular weight excluding hydrogens is 390 g/mol. The summed E-state index contributed by atoms with van der Waals surface area (Å²) in [5.74, 6) is -0.0174. The summed E-state index contributed by atoms with van der Waals surface area (Å²) in [6, 6.07) is 9.26. The number of H-pyrrole nitrogens is 1. The molecule has 136 valence electrons. The maximum atomic E-state index is 12.4. The molecule has 0 saturated carbocycles. The van der Waals surface area contributed by atoms with Crippen LogP contribution < -0.4 is 10.9 Å². The molecule has 0 unspecified atom stereocenters. The molecule has 3 rings (SSSR count). The van der Waals surface area contributed by atoms with Crippen molar-refractivity contribution in [3.63, 3.8) is 0 Å². The number of carbonyl (C=O) groups excluding carboxylic acids is 1. The number of aromatic amines is 1. The molecule has 5 nitrogen and oxygen atoms in total. The van der Waals surface area contributed by atoms with Crippen LogP contribution in [0.2, 0.25) is 5.02 Å². The largest absolute Gasteiger partial charge is 0.352 e. The number of amides is 1. The first-order chi connectivity index (χ1) is 12.5. The van der Waals surface area contributed by atoms with Gasteiger partial charge in [0.2, 0.25) is 5.91 Å². The molecule has 1 aromatic carbocycles. The van der Waals surface area contributed by atoms with Gasteiger partial charge in [-0.1, -0.05) is 23.7 Å². The van der Waals surface area contributed by atoms with Gasteiger partial charge in [0, 0.05) is 24.5 Å². The minimum absolute atomic E-state index is 0.0174. The quantitative estimate of drug-likeness (QED) is 0.454. The number of halogens is 1. The average Bonchev–Trinajstić information content (AvgIpc) is 3.07. The Labute approximate surface area is 164 Å². The molecule has 0 radical (unpaired) electrons. The molecule has 0 aliphatic rings. The van der Waals surface area contributed by atoms with Gasteiger partial charge in [-0.2, -0.15) is 0 Å². The summed E-state index contributed by atoms with van der Waals surface area (Å²) < 4.78 is 2.67. The number of fused-ring (bicyclic) bond motifs is 1. The van der Waals surface area contributed by atoms with E-state index in [1.54, 1.807) is 10.6 Å². The maximum absolute atomic E-state index is 12.4. The topological polar surface area (TPSA) is 66.9 Å². The Balaban J connectivity index is 1.47. The number of aromatic nitrogens is 2. The Morgan fingerprint density at radius 3 is 2.96 bits per heavy atom. The monoisotopic (exact) mass is 407 g/mol. The lowest BCUT2D eigenvalue weighted by molar-refractivity contribution is -0.121. The molecule has 0 spiro atoms. The van der Waals surface area contributed by atoms with Crippen molar-refractivity contribution in [2.24, 2.45) is 0 Å². The van der Waals surface area contributed by atoms with Crippen molar-refractivity contribution in [3.8, 4) is 0 Å². The van der Waals surface area contributed by atoms with E-state index in [1.165, 1.54) is 11.3 Å². The van der Waals surface area contributed by atoms with E-state index in [0.29, 0.717) is 46.8 Å². The van der Waals surface area contributed by atoms with Crippen LogP contribution in [-0.2, 0) is 17.9 Å². The Hall–Kier alpha value is -1.96. The van der Waals surface area contributed by atoms with E-state index in [1.807, 2.05) is 29.6 Å². The van der Waals surface area contributed by atoms with Crippen molar-refractivity contribution >= 4 is 51.3 Å². The van der Waals surface area contributed by atoms with Crippen LogP contribution in [0.1, 0.15) is 24.8 Å². The summed E-state index contributed by atoms with van der Waals surface area (Å²) in [6.07, 6.45) is 1.80. The molecular formula is C18H18ClN3O2S2. The summed E-state index contributed by atoms with van der Waals surface area (Å²) in [6.45, 7) is 0.961. The number of benzene rings is 1. The van der Waals surface area contributed by atoms with E-state index in [9.17, 15) is 9.59 Å². The van der Waals surface area contributed by atoms with Crippen molar-refractivity contribution < 1.29 is 4.79 Å². The average molecular weight is 408 g/mol. The zero-order chi connectivity index (χ0) is 18.5. The summed E-state index contributed by atoms with van der Waals surface area (Å²) in [5.41, 5.74) is 1.68. The second-order valence-corrected chi connectivity index (χ2v) is 7.65. The van der Waals surface area contributed by atoms with Crippen LogP contribution in [0, 0.1) is 4.77 Å². The van der Waals surface area contributed by atoms with Gasteiger partial charge in [-0.3, -0.25) is 14.2 Å². The molecule has 0 aliphatic heterocycles. The van der Waals surface area contributed by atoms with Crippen molar-refractivity contribution in [2.75, 3.05) is 0 Å². The first-order valence-corrected chi connectivity index (χ1v) is 9.92. The molecule has 2 heterocycles. The highest BCUT2D eigenvalue weighted by molar-refractivity contribution is 7.71. The Morgan fingerprint density at radius 2 is 2.15 bits per heavy atom. The van der Waals surface area contributed by atoms with E-state index in [2.05, 4.69) is 10.3 Å². The van der Waals surface area contributed by atoms with E-state index in [0.717, 1.165) is 11.1 Å². The standard InChI is InChI=1S/C18H18ClN3O2S2/c19-13-5-3-4-12(10-13)11-20-15(23)6-1-2-8-22-17(24)16-14(7-9-26-16)21-18(22)25/h3-5,7,9-10H,1-2,6,8,11H2,(H,20,23)(H,21,25). The third kappa shape index (κ3) is 4.60. The van der Waals surface area contributed by atoms with Crippen molar-refractivity contribution in [1.82, 2.24) is 14.9 Å². The van der Waals surface area contributed by atoms with Crippen LogP contribution in [-0.4, -0.2) is 15.5 Å². The second kappa shape index (κ2) is 8.62. The van der Waals surface area contributed by atoms with Crippen LogP contribution >= 0.6 is 35.2 Å². The Morgan fingerprint density at radius 1 is 1.31 bits per heavy atom. The van der Waals surface area contributed by atoms with Gasteiger partial charge in [0.15, 0.2) is 4.77 Å². The number of thiophene rings is 1. The third-order valence-corrected chi connectivity index (χ3v) is 5.47. The smallest absolute Gasteiger partial charge is 0.272 e. The highest BCUT2D eigenvalue weighted by atomic mass is 35.5. The van der Waals surface area contributed by atoms with E-state index < -0.39 is 0 Å². The molecule has 0 saturated heterocycles. The van der Waals surface area contributed by atoms with Gasteiger partial charge < -0.3 is 10.3 Å². The second-order valence-electron chi connectivity index (χ2n) is 5.91. The fourth-order valence-corrected chi connectivity index (χ4v) is 3.96. The van der Waals surface area contributed by atoms with Crippen molar-refractivity contribution in [3.05, 3.63) is 61.4 Å². The summed E-state index contributed by atoms with van der Waals surface area (Å²) in [7, 11) is 0. The molecule has 3 aromatic rings. The van der Waals surface area contributed by atoms with E-state index in [-0.39, 0.29) is 11.5 Å². The number of nitrogens with zero attached hydrogens (tertiary/aromatic N) is 1. The molecule has 2 aromatic heterocycles. The van der Waals surface area contributed by atoms with Crippen molar-refractivity contribution in [1.29, 1.82) is 0 Å². The highest BCUT2D eigenvalue weighted by Gasteiger charge is 2.07. The predicted molar refractivity (Wildman–Crippen MR) is 108 cm³/mol. The molecule has 26 heavy (non-hydrogen) atoms. The first-order valence-electron chi connectivity index (χ1n) is 8.26. The van der Waals surface area contributed by atoms with Crippen LogP contribution in [0.4, 0.5) is 0 Å². The fraction of sp³-hybridized carbons (Fsp3) is 0.278. The van der Waals surface area contributed by atoms with Gasteiger partial charge in [-0.05, 0) is 54.2 Å². The lowest BCUT2D eigenvalue weighted by Gasteiger charge is -2.07. The summed E-state index contributed by atoms with van der Waals surface area (Å²) in [4.78, 5) is 27.4. The Bertz CT molecular complexity index is 1040. The minimum Gasteiger partial charge on any atom is -0.352 e. The first kappa shape index (κ1) is 18.8. The van der Waals surface area contributed by atoms with Crippen LogP contribution in [0.3, 0.4) is 0 Å². The lowest BCUT2D eigenvalue weighted by atomic mass is 10.2. The summed E-state index contributed by atoms with van der Waals surface area (Å²) in [5, 5.41) is 5.40. The number of nitrogens with one attached hydrogen (secondary N) is 2. The van der Waals surface area contributed by atoms with Crippen LogP contribution in [0.25, 0.3) is 10.2 Å². The minimum atomic E-state index is -0.0656. The van der Waals surface area contributed by atoms with E-state index >= 15 is 0 Å². The molecule has 8 heteroatoms. The number of unbranched alkanes of at least 4 members (excludes halogenated alkanes) is 1. The molecule has 0 bridgehead atoms. The van der Waals surface area contributed by atoms with Gasteiger partial charge in [-0.25, -0.2) is 0 Å². The van der Waals surface area contributed by atoms with Gasteiger partial charge in [0.25, 0.3) is 5.56 Å². The summed E-state index contributed by atoms with van der Waals surface area (Å²) >= 11 is 12.6. The molecule has 1 amide bonds. The number of rotatable bonds is 7. The molecule has 0 aliphatic carbocycles. The predicted octanol–water partition coefficient (Wildman–Crippen LogP) is 4.26. The number of hydrogen-bond donors (Lipinski definition) is 2. The molecule has 2 N–H and O–H groups in total. The Kier molecular flexibility index (Phi) is 6.24. The zero-order valence-corrected chi connectivity index (χ0v) is 16.3. The zero-order valence-electron chi connectivity index (χ0n) is 14.0. The third-order valence-electron chi connectivity index (χ3n) is 4.01. The highest BCUT2D eigenvalue weighted by Crippen LogP contribution is 2.14. The molecule has 0 fully saturated rings. The van der Waals surface area contributed by atoms with Gasteiger partial charge in [0.1, 0.15) is 4.70 Å². The van der Waals surface area contributed by atoms with Gasteiger partial charge in [-0.15, -0.1) is 11.3 Å². The van der Waals surface area contributed by atoms with Gasteiger partial charge >= 0.3 is 0 Å². The normalized spacial score (nSPS) is 11.0. The SMILES string of the molecule is O=C(CCCCn1c(=S)[nH]c2ccsc2c1=O)NCc1cccc(Cl)c1. The molecule has 0 atom stereocenters. The fourth-order valence-electron chi connectivity index (χ4n) is 2.67.